The van der Waals surface area contributed by atoms with Gasteiger partial charge in [-0.3, -0.25) is 0 Å². The highest BCUT2D eigenvalue weighted by molar-refractivity contribution is 5.86. The standard InChI is InChI=1S/C24H20FN5O3/c1-26-19-12-18(25)13-20(14-19)28-24-27-15-21(23(29-24)30-7-9-33-10-8-30)17-4-2-3-16(11-17)5-6-22(31)32/h2-6,11-15H,7-10H2,(H,31,32)(H,27,28,29). The first-order chi connectivity index (χ1) is 16.0. The second-order valence-electron chi connectivity index (χ2n) is 7.26. The maximum Gasteiger partial charge on any atom is 0.328 e. The van der Waals surface area contributed by atoms with E-state index in [1.165, 1.54) is 18.2 Å². The summed E-state index contributed by atoms with van der Waals surface area (Å²) >= 11 is 0. The van der Waals surface area contributed by atoms with Crippen LogP contribution in [0.15, 0.2) is 54.7 Å². The third-order valence-corrected chi connectivity index (χ3v) is 4.96. The van der Waals surface area contributed by atoms with Crippen LogP contribution in [0.4, 0.5) is 27.5 Å². The Morgan fingerprint density at radius 1 is 1.24 bits per heavy atom. The van der Waals surface area contributed by atoms with Crippen LogP contribution < -0.4 is 10.2 Å². The number of hydrogen-bond acceptors (Lipinski definition) is 6. The van der Waals surface area contributed by atoms with E-state index in [9.17, 15) is 9.18 Å². The Bertz CT molecular complexity index is 1250. The van der Waals surface area contributed by atoms with E-state index in [0.717, 1.165) is 28.8 Å². The number of aliphatic carboxylic acids is 1. The zero-order valence-electron chi connectivity index (χ0n) is 17.5. The summed E-state index contributed by atoms with van der Waals surface area (Å²) < 4.78 is 19.3. The molecule has 8 nitrogen and oxygen atoms in total. The summed E-state index contributed by atoms with van der Waals surface area (Å²) in [4.78, 5) is 25.3. The first-order valence-corrected chi connectivity index (χ1v) is 10.2. The first-order valence-electron chi connectivity index (χ1n) is 10.2. The summed E-state index contributed by atoms with van der Waals surface area (Å²) in [6, 6.07) is 11.4. The Morgan fingerprint density at radius 2 is 2.06 bits per heavy atom. The summed E-state index contributed by atoms with van der Waals surface area (Å²) in [6.45, 7) is 9.53. The van der Waals surface area contributed by atoms with Crippen LogP contribution >= 0.6 is 0 Å². The number of nitrogens with zero attached hydrogens (tertiary/aromatic N) is 4. The van der Waals surface area contributed by atoms with Crippen molar-refractivity contribution in [3.63, 3.8) is 0 Å². The lowest BCUT2D eigenvalue weighted by Gasteiger charge is -2.29. The Hall–Kier alpha value is -4.29. The summed E-state index contributed by atoms with van der Waals surface area (Å²) in [5.41, 5.74) is 2.89. The molecule has 3 aromatic rings. The number of nitrogens with one attached hydrogen (secondary N) is 1. The third-order valence-electron chi connectivity index (χ3n) is 4.96. The molecule has 4 rings (SSSR count). The van der Waals surface area contributed by atoms with Crippen LogP contribution in [0.2, 0.25) is 0 Å². The highest BCUT2D eigenvalue weighted by atomic mass is 19.1. The van der Waals surface area contributed by atoms with Crippen molar-refractivity contribution in [2.75, 3.05) is 36.5 Å². The molecule has 1 aliphatic rings. The molecule has 1 aromatic heterocycles. The molecule has 9 heteroatoms. The van der Waals surface area contributed by atoms with Gasteiger partial charge in [0.2, 0.25) is 5.95 Å². The maximum absolute atomic E-state index is 13.8. The van der Waals surface area contributed by atoms with Gasteiger partial charge < -0.3 is 20.1 Å². The van der Waals surface area contributed by atoms with Gasteiger partial charge in [-0.15, -0.1) is 0 Å². The molecule has 1 fully saturated rings. The summed E-state index contributed by atoms with van der Waals surface area (Å²) in [5, 5.41) is 11.9. The van der Waals surface area contributed by atoms with Crippen LogP contribution in [0.1, 0.15) is 5.56 Å². The monoisotopic (exact) mass is 445 g/mol. The van der Waals surface area contributed by atoms with Gasteiger partial charge in [0.05, 0.1) is 19.8 Å². The number of ether oxygens (including phenoxy) is 1. The van der Waals surface area contributed by atoms with Crippen molar-refractivity contribution in [3.05, 3.63) is 77.5 Å². The normalized spacial score (nSPS) is 13.6. The molecule has 0 spiro atoms. The largest absolute Gasteiger partial charge is 0.478 e. The Balaban J connectivity index is 1.72. The van der Waals surface area contributed by atoms with Crippen molar-refractivity contribution in [2.24, 2.45) is 0 Å². The molecule has 0 unspecified atom stereocenters. The number of anilines is 3. The van der Waals surface area contributed by atoms with Crippen molar-refractivity contribution in [1.29, 1.82) is 0 Å². The number of morpholine rings is 1. The zero-order chi connectivity index (χ0) is 23.2. The predicted molar refractivity (Wildman–Crippen MR) is 123 cm³/mol. The van der Waals surface area contributed by atoms with Crippen LogP contribution in [-0.4, -0.2) is 47.3 Å². The molecule has 166 valence electrons. The van der Waals surface area contributed by atoms with Gasteiger partial charge in [0.15, 0.2) is 5.69 Å². The Kier molecular flexibility index (Phi) is 6.57. The number of benzene rings is 2. The molecule has 0 radical (unpaired) electrons. The van der Waals surface area contributed by atoms with Crippen LogP contribution in [0.3, 0.4) is 0 Å². The van der Waals surface area contributed by atoms with Gasteiger partial charge in [0, 0.05) is 36.6 Å². The van der Waals surface area contributed by atoms with Gasteiger partial charge >= 0.3 is 5.97 Å². The van der Waals surface area contributed by atoms with Crippen LogP contribution in [0, 0.1) is 12.4 Å². The van der Waals surface area contributed by atoms with Crippen LogP contribution in [0.25, 0.3) is 22.0 Å². The van der Waals surface area contributed by atoms with E-state index in [0.29, 0.717) is 37.8 Å². The predicted octanol–water partition coefficient (Wildman–Crippen LogP) is 4.51. The van der Waals surface area contributed by atoms with Gasteiger partial charge in [0.25, 0.3) is 0 Å². The van der Waals surface area contributed by atoms with E-state index < -0.39 is 11.8 Å². The molecule has 2 heterocycles. The van der Waals surface area contributed by atoms with E-state index in [1.54, 1.807) is 6.20 Å². The number of aromatic nitrogens is 2. The summed E-state index contributed by atoms with van der Waals surface area (Å²) in [7, 11) is 0. The number of halogens is 1. The van der Waals surface area contributed by atoms with Crippen LogP contribution in [0.5, 0.6) is 0 Å². The van der Waals surface area contributed by atoms with E-state index in [1.807, 2.05) is 24.3 Å². The van der Waals surface area contributed by atoms with Gasteiger partial charge in [0.1, 0.15) is 11.6 Å². The number of carboxylic acid groups (broad SMARTS) is 1. The maximum atomic E-state index is 13.8. The first kappa shape index (κ1) is 21.9. The van der Waals surface area contributed by atoms with E-state index in [2.05, 4.69) is 20.0 Å². The van der Waals surface area contributed by atoms with Crippen molar-refractivity contribution in [2.45, 2.75) is 0 Å². The van der Waals surface area contributed by atoms with Gasteiger partial charge in [-0.2, -0.15) is 4.98 Å². The lowest BCUT2D eigenvalue weighted by molar-refractivity contribution is -0.131. The molecule has 0 atom stereocenters. The highest BCUT2D eigenvalue weighted by Crippen LogP contribution is 2.32. The molecule has 0 amide bonds. The van der Waals surface area contributed by atoms with Crippen molar-refractivity contribution < 1.29 is 19.0 Å². The lowest BCUT2D eigenvalue weighted by Crippen LogP contribution is -2.37. The van der Waals surface area contributed by atoms with E-state index in [4.69, 9.17) is 21.4 Å². The second kappa shape index (κ2) is 9.89. The van der Waals surface area contributed by atoms with Crippen LogP contribution in [-0.2, 0) is 9.53 Å². The minimum absolute atomic E-state index is 0.175. The quantitative estimate of drug-likeness (QED) is 0.426. The number of carbonyl (C=O) groups is 1. The average Bonchev–Trinajstić information content (AvgIpc) is 2.83. The molecule has 0 aliphatic carbocycles. The third kappa shape index (κ3) is 5.50. The van der Waals surface area contributed by atoms with Gasteiger partial charge in [-0.1, -0.05) is 18.2 Å². The second-order valence-corrected chi connectivity index (χ2v) is 7.26. The fourth-order valence-electron chi connectivity index (χ4n) is 3.47. The molecule has 2 aromatic carbocycles. The minimum atomic E-state index is -1.02. The number of hydrogen-bond donors (Lipinski definition) is 2. The fraction of sp³-hybridized carbons (Fsp3) is 0.167. The van der Waals surface area contributed by atoms with E-state index in [-0.39, 0.29) is 11.6 Å². The smallest absolute Gasteiger partial charge is 0.328 e. The molecule has 33 heavy (non-hydrogen) atoms. The summed E-state index contributed by atoms with van der Waals surface area (Å²) in [5.74, 6) is -0.602. The van der Waals surface area contributed by atoms with Gasteiger partial charge in [-0.25, -0.2) is 19.0 Å². The Labute approximate surface area is 189 Å². The summed E-state index contributed by atoms with van der Waals surface area (Å²) in [6.07, 6.45) is 4.28. The molecule has 1 aliphatic heterocycles. The van der Waals surface area contributed by atoms with Crippen molar-refractivity contribution >= 4 is 35.2 Å². The molecule has 2 N–H and O–H groups in total. The molecule has 1 saturated heterocycles. The zero-order valence-corrected chi connectivity index (χ0v) is 17.5. The van der Waals surface area contributed by atoms with Gasteiger partial charge in [-0.05, 0) is 41.5 Å². The molecular weight excluding hydrogens is 425 g/mol. The number of carboxylic acids is 1. The average molecular weight is 445 g/mol. The minimum Gasteiger partial charge on any atom is -0.478 e. The molecule has 0 saturated carbocycles. The van der Waals surface area contributed by atoms with Crippen molar-refractivity contribution in [1.82, 2.24) is 9.97 Å². The van der Waals surface area contributed by atoms with E-state index >= 15 is 0 Å². The fourth-order valence-corrected chi connectivity index (χ4v) is 3.47. The SMILES string of the molecule is [C-]#[N+]c1cc(F)cc(Nc2ncc(-c3cccc(C=CC(=O)O)c3)c(N3CCOCC3)n2)c1. The topological polar surface area (TPSA) is 91.9 Å². The van der Waals surface area contributed by atoms with Crippen molar-refractivity contribution in [3.8, 4) is 11.1 Å². The molecule has 0 bridgehead atoms. The number of rotatable bonds is 6. The highest BCUT2D eigenvalue weighted by Gasteiger charge is 2.19. The Morgan fingerprint density at radius 3 is 2.82 bits per heavy atom. The lowest BCUT2D eigenvalue weighted by atomic mass is 10.0. The molecular formula is C24H20FN5O3.